The Morgan fingerprint density at radius 3 is 2.27 bits per heavy atom. The Labute approximate surface area is 384 Å². The fourth-order valence-electron chi connectivity index (χ4n) is 9.10. The maximum absolute atomic E-state index is 14.4. The van der Waals surface area contributed by atoms with Crippen LogP contribution in [0.5, 0.6) is 0 Å². The van der Waals surface area contributed by atoms with Crippen molar-refractivity contribution in [3.05, 3.63) is 70.8 Å². The molecule has 15 nitrogen and oxygen atoms in total. The van der Waals surface area contributed by atoms with Crippen LogP contribution in [0.25, 0.3) is 0 Å². The molecule has 0 amide bonds. The number of allylic oxidation sites excluding steroid dienone is 4. The third kappa shape index (κ3) is 13.7. The van der Waals surface area contributed by atoms with Gasteiger partial charge in [0.15, 0.2) is 18.4 Å². The largest absolute Gasteiger partial charge is 0.462 e. The number of hydrogen-bond donors (Lipinski definition) is 4. The zero-order valence-corrected chi connectivity index (χ0v) is 39.9. The number of thioether (sulfide) groups is 1. The number of ether oxygens (including phenoxy) is 7. The number of cyclic esters (lactones) is 1. The van der Waals surface area contributed by atoms with Gasteiger partial charge in [-0.15, -0.1) is 11.8 Å². The number of aliphatic hydroxyl groups is 4. The monoisotopic (exact) mass is 918 g/mol. The van der Waals surface area contributed by atoms with E-state index in [2.05, 4.69) is 23.1 Å². The second-order valence-electron chi connectivity index (χ2n) is 17.9. The highest BCUT2D eigenvalue weighted by atomic mass is 32.2. The minimum atomic E-state index is -1.23. The Hall–Kier alpha value is -2.71. The van der Waals surface area contributed by atoms with Gasteiger partial charge in [0, 0.05) is 50.8 Å². The van der Waals surface area contributed by atoms with Crippen molar-refractivity contribution >= 4 is 23.5 Å². The van der Waals surface area contributed by atoms with Gasteiger partial charge in [-0.2, -0.15) is 0 Å². The first-order valence-corrected chi connectivity index (χ1v) is 23.8. The van der Waals surface area contributed by atoms with Gasteiger partial charge >= 0.3 is 5.97 Å². The molecule has 0 saturated carbocycles. The molecule has 4 aliphatic rings. The van der Waals surface area contributed by atoms with E-state index < -0.39 is 103 Å². The van der Waals surface area contributed by atoms with Crippen molar-refractivity contribution in [2.24, 2.45) is 17.8 Å². The van der Waals surface area contributed by atoms with Gasteiger partial charge in [0.05, 0.1) is 54.6 Å². The molecule has 16 heteroatoms. The predicted molar refractivity (Wildman–Crippen MR) is 243 cm³/mol. The second kappa shape index (κ2) is 24.9. The first-order chi connectivity index (χ1) is 30.6. The predicted octanol–water partition coefficient (Wildman–Crippen LogP) is 4.21. The fraction of sp³-hybridized carbons (Fsp3) is 0.708. The van der Waals surface area contributed by atoms with E-state index in [1.807, 2.05) is 38.1 Å². The Kier molecular flexibility index (Phi) is 20.3. The highest BCUT2D eigenvalue weighted by molar-refractivity contribution is 8.03. The molecule has 4 N–H and O–H groups in total. The van der Waals surface area contributed by atoms with Gasteiger partial charge in [-0.3, -0.25) is 9.59 Å². The fourth-order valence-corrected chi connectivity index (χ4v) is 10.2. The SMILES string of the molecule is CC[C@H]1OC(=O)C[C@@H](O)[C@H](C)[C@@H](O[C@@H]2O[C@H](C)[C@@H](O)[C@H](N(C)C)[C@H]2O)CC[C@@H](C/C=C2\SCCN2Cc2ccccc2)C(=O)/C=C/C(C)=C/[C@@H]1CO[C@@H]1O[C@H](C)[C@@H](O)[C@@H](OC)[C@H]1OC. The van der Waals surface area contributed by atoms with Crippen molar-refractivity contribution in [2.75, 3.05) is 47.2 Å². The number of carbonyl (C=O) groups is 2. The van der Waals surface area contributed by atoms with Crippen LogP contribution in [0.4, 0.5) is 0 Å². The summed E-state index contributed by atoms with van der Waals surface area (Å²) in [6, 6.07) is 9.60. The molecule has 4 aliphatic heterocycles. The first-order valence-electron chi connectivity index (χ1n) is 22.8. The third-order valence-electron chi connectivity index (χ3n) is 13.1. The molecule has 3 fully saturated rings. The Morgan fingerprint density at radius 1 is 0.906 bits per heavy atom. The average molecular weight is 919 g/mol. The number of nitrogens with zero attached hydrogens (tertiary/aromatic N) is 2. The normalized spacial score (nSPS) is 39.4. The molecule has 0 unspecified atom stereocenters. The van der Waals surface area contributed by atoms with E-state index >= 15 is 0 Å². The van der Waals surface area contributed by atoms with Crippen LogP contribution in [0.15, 0.2) is 65.2 Å². The number of hydrogen-bond acceptors (Lipinski definition) is 16. The third-order valence-corrected chi connectivity index (χ3v) is 14.2. The number of carbonyl (C=O) groups excluding carboxylic acids is 2. The molecule has 0 spiro atoms. The molecule has 4 heterocycles. The summed E-state index contributed by atoms with van der Waals surface area (Å²) in [4.78, 5) is 32.2. The van der Waals surface area contributed by atoms with Crippen molar-refractivity contribution < 1.29 is 63.2 Å². The van der Waals surface area contributed by atoms with Crippen molar-refractivity contribution in [3.8, 4) is 0 Å². The van der Waals surface area contributed by atoms with Gasteiger partial charge in [-0.05, 0) is 72.2 Å². The van der Waals surface area contributed by atoms with Crippen molar-refractivity contribution in [3.63, 3.8) is 0 Å². The van der Waals surface area contributed by atoms with E-state index in [0.717, 1.165) is 29.4 Å². The van der Waals surface area contributed by atoms with E-state index in [1.165, 1.54) is 19.8 Å². The van der Waals surface area contributed by atoms with E-state index in [-0.39, 0.29) is 18.8 Å². The minimum Gasteiger partial charge on any atom is -0.462 e. The molecular weight excluding hydrogens is 845 g/mol. The van der Waals surface area contributed by atoms with Crippen LogP contribution in [-0.2, 0) is 49.3 Å². The zero-order chi connectivity index (χ0) is 46.7. The van der Waals surface area contributed by atoms with E-state index in [4.69, 9.17) is 33.2 Å². The maximum atomic E-state index is 14.4. The number of ketones is 1. The molecule has 0 radical (unpaired) electrons. The van der Waals surface area contributed by atoms with Crippen LogP contribution in [-0.4, -0.2) is 169 Å². The summed E-state index contributed by atoms with van der Waals surface area (Å²) in [5.41, 5.74) is 1.95. The number of benzene rings is 1. The van der Waals surface area contributed by atoms with Crippen molar-refractivity contribution in [1.82, 2.24) is 9.80 Å². The number of rotatable bonds is 13. The smallest absolute Gasteiger partial charge is 0.308 e. The van der Waals surface area contributed by atoms with E-state index in [1.54, 1.807) is 63.7 Å². The van der Waals surface area contributed by atoms with Crippen LogP contribution >= 0.6 is 11.8 Å². The summed E-state index contributed by atoms with van der Waals surface area (Å²) in [5.74, 6) is -1.41. The first kappa shape index (κ1) is 52.3. The molecule has 1 aromatic carbocycles. The lowest BCUT2D eigenvalue weighted by atomic mass is 9.86. The summed E-state index contributed by atoms with van der Waals surface area (Å²) in [7, 11) is 6.50. The van der Waals surface area contributed by atoms with Crippen LogP contribution in [0, 0.1) is 17.8 Å². The average Bonchev–Trinajstić information content (AvgIpc) is 3.71. The zero-order valence-electron chi connectivity index (χ0n) is 39.1. The van der Waals surface area contributed by atoms with Gasteiger partial charge < -0.3 is 63.4 Å². The summed E-state index contributed by atoms with van der Waals surface area (Å²) < 4.78 is 42.3. The molecule has 64 heavy (non-hydrogen) atoms. The second-order valence-corrected chi connectivity index (χ2v) is 19.1. The van der Waals surface area contributed by atoms with E-state index in [9.17, 15) is 30.0 Å². The van der Waals surface area contributed by atoms with Gasteiger partial charge in [0.25, 0.3) is 0 Å². The number of aliphatic hydroxyl groups excluding tert-OH is 4. The van der Waals surface area contributed by atoms with Crippen molar-refractivity contribution in [2.45, 2.75) is 153 Å². The summed E-state index contributed by atoms with van der Waals surface area (Å²) in [5, 5.41) is 46.0. The quantitative estimate of drug-likeness (QED) is 0.206. The highest BCUT2D eigenvalue weighted by Gasteiger charge is 2.47. The summed E-state index contributed by atoms with van der Waals surface area (Å²) in [6.45, 7) is 10.7. The topological polar surface area (TPSA) is 186 Å². The highest BCUT2D eigenvalue weighted by Crippen LogP contribution is 2.34. The van der Waals surface area contributed by atoms with E-state index in [0.29, 0.717) is 25.7 Å². The number of likely N-dealkylation sites (N-methyl/N-ethyl adjacent to an activating group) is 1. The van der Waals surface area contributed by atoms with Gasteiger partial charge in [0.2, 0.25) is 0 Å². The number of esters is 1. The van der Waals surface area contributed by atoms with Gasteiger partial charge in [-0.25, -0.2) is 0 Å². The summed E-state index contributed by atoms with van der Waals surface area (Å²) in [6.07, 6.45) is -2.03. The molecule has 0 bridgehead atoms. The van der Waals surface area contributed by atoms with Crippen molar-refractivity contribution in [1.29, 1.82) is 0 Å². The molecule has 3 saturated heterocycles. The van der Waals surface area contributed by atoms with Gasteiger partial charge in [0.1, 0.15) is 30.5 Å². The maximum Gasteiger partial charge on any atom is 0.308 e. The molecule has 0 aliphatic carbocycles. The Balaban J connectivity index is 1.46. The van der Waals surface area contributed by atoms with Gasteiger partial charge in [-0.1, -0.05) is 68.0 Å². The summed E-state index contributed by atoms with van der Waals surface area (Å²) >= 11 is 1.77. The van der Waals surface area contributed by atoms with Crippen LogP contribution < -0.4 is 0 Å². The molecule has 16 atom stereocenters. The molecule has 360 valence electrons. The lowest BCUT2D eigenvalue weighted by molar-refractivity contribution is -0.304. The number of methoxy groups -OCH3 is 2. The Bertz CT molecular complexity index is 1710. The van der Waals surface area contributed by atoms with Crippen LogP contribution in [0.1, 0.15) is 72.3 Å². The standard InChI is InChI=1S/C48H74N2O13S/c1-10-37-34(27-59-48-46(58-9)45(57-8)43(55)31(5)61-48)24-28(2)16-19-35(51)33(18-21-39-50(22-23-64-39)26-32-14-12-11-13-15-32)17-20-38(29(3)36(52)25-40(53)62-37)63-47-44(56)41(49(6)7)42(54)30(4)60-47/h11-16,19,21,24,29-31,33-34,36-38,41-48,52,54-56H,10,17-18,20,22-23,25-27H2,1-9H3/b19-16+,28-24+,39-21-/t29-,30+,31+,33-,34+,36+,37+,38-,41-,42+,43+,44+,45+,46+,47-,48+/m0/s1. The lowest BCUT2D eigenvalue weighted by Crippen LogP contribution is -2.62. The molecule has 5 rings (SSSR count). The lowest BCUT2D eigenvalue weighted by Gasteiger charge is -2.45. The molecular formula is C48H74N2O13S. The molecule has 1 aromatic rings. The molecule has 0 aromatic heterocycles. The van der Waals surface area contributed by atoms with Crippen LogP contribution in [0.2, 0.25) is 0 Å². The Morgan fingerprint density at radius 2 is 1.59 bits per heavy atom. The van der Waals surface area contributed by atoms with Crippen LogP contribution in [0.3, 0.4) is 0 Å². The minimum absolute atomic E-state index is 0.0294.